The lowest BCUT2D eigenvalue weighted by Gasteiger charge is -2.28. The zero-order valence-electron chi connectivity index (χ0n) is 23.5. The van der Waals surface area contributed by atoms with E-state index in [9.17, 15) is 9.59 Å². The third-order valence-corrected chi connectivity index (χ3v) is 10.1. The summed E-state index contributed by atoms with van der Waals surface area (Å²) in [6.07, 6.45) is 9.50. The number of carbonyl (C=O) groups is 1. The molecule has 9 heteroatoms. The molecule has 1 amide bonds. The van der Waals surface area contributed by atoms with Crippen molar-refractivity contribution in [3.63, 3.8) is 0 Å². The second-order valence-corrected chi connectivity index (χ2v) is 13.1. The molecule has 6 rings (SSSR count). The lowest BCUT2D eigenvalue weighted by atomic mass is 10.00. The lowest BCUT2D eigenvalue weighted by molar-refractivity contribution is 0.103. The first-order valence-electron chi connectivity index (χ1n) is 14.3. The number of nitrogens with one attached hydrogen (secondary N) is 2. The van der Waals surface area contributed by atoms with Crippen LogP contribution in [0.2, 0.25) is 0 Å². The number of amides is 1. The number of hydrogen-bond donors (Lipinski definition) is 2. The van der Waals surface area contributed by atoms with Crippen LogP contribution in [-0.4, -0.2) is 40.1 Å². The predicted octanol–water partition coefficient (Wildman–Crippen LogP) is 6.64. The van der Waals surface area contributed by atoms with Gasteiger partial charge >= 0.3 is 0 Å². The summed E-state index contributed by atoms with van der Waals surface area (Å²) in [7, 11) is 1.75. The Kier molecular flexibility index (Phi) is 8.16. The summed E-state index contributed by atoms with van der Waals surface area (Å²) in [5, 5.41) is 6.38. The van der Waals surface area contributed by atoms with Crippen LogP contribution in [0.1, 0.15) is 44.9 Å². The van der Waals surface area contributed by atoms with Gasteiger partial charge in [0.25, 0.3) is 11.5 Å². The Balaban J connectivity index is 1.23. The molecule has 0 atom stereocenters. The van der Waals surface area contributed by atoms with Gasteiger partial charge in [0.2, 0.25) is 0 Å². The number of benzene rings is 1. The lowest BCUT2D eigenvalue weighted by Crippen LogP contribution is -2.32. The number of pyridine rings is 2. The van der Waals surface area contributed by atoms with Crippen LogP contribution in [0.3, 0.4) is 0 Å². The monoisotopic (exact) mass is 585 g/mol. The third kappa shape index (κ3) is 6.06. The predicted molar refractivity (Wildman–Crippen MR) is 172 cm³/mol. The Morgan fingerprint density at radius 3 is 2.63 bits per heavy atom. The molecule has 0 bridgehead atoms. The first-order valence-corrected chi connectivity index (χ1v) is 16.2. The standard InChI is InChI=1S/C32H35N5O2S2/c1-21-25(8-6-9-26(21)35-31(38)29-18-22-7-4-3-5-10-28(22)41-29)23-17-27(32(39)36(2)20-23)34-30-12-11-24(19-33-30)37-13-15-40-16-14-37/h6,8-9,11-12,17-20H,3-5,7,10,13-16H2,1-2H3,(H,33,34)(H,35,38). The summed E-state index contributed by atoms with van der Waals surface area (Å²) in [5.74, 6) is 2.82. The van der Waals surface area contributed by atoms with Gasteiger partial charge in [-0.05, 0) is 79.6 Å². The van der Waals surface area contributed by atoms with Crippen molar-refractivity contribution in [1.82, 2.24) is 9.55 Å². The van der Waals surface area contributed by atoms with Crippen LogP contribution in [0.5, 0.6) is 0 Å². The van der Waals surface area contributed by atoms with Crippen LogP contribution in [0.4, 0.5) is 22.9 Å². The Bertz CT molecular complexity index is 1600. The van der Waals surface area contributed by atoms with Crippen molar-refractivity contribution in [1.29, 1.82) is 0 Å². The van der Waals surface area contributed by atoms with Crippen molar-refractivity contribution < 1.29 is 4.79 Å². The molecule has 0 saturated carbocycles. The number of rotatable bonds is 6. The van der Waals surface area contributed by atoms with E-state index in [0.717, 1.165) is 70.4 Å². The quantitative estimate of drug-likeness (QED) is 0.247. The highest BCUT2D eigenvalue weighted by Crippen LogP contribution is 2.32. The number of fused-ring (bicyclic) bond motifs is 1. The smallest absolute Gasteiger partial charge is 0.274 e. The van der Waals surface area contributed by atoms with E-state index in [-0.39, 0.29) is 11.5 Å². The van der Waals surface area contributed by atoms with Crippen LogP contribution in [-0.2, 0) is 19.9 Å². The highest BCUT2D eigenvalue weighted by molar-refractivity contribution is 7.99. The first kappa shape index (κ1) is 27.6. The number of thiophene rings is 1. The fourth-order valence-corrected chi connectivity index (χ4v) is 7.65. The van der Waals surface area contributed by atoms with Crippen molar-refractivity contribution in [3.05, 3.63) is 86.1 Å². The second kappa shape index (κ2) is 12.1. The van der Waals surface area contributed by atoms with Crippen LogP contribution in [0.15, 0.2) is 59.7 Å². The minimum atomic E-state index is -0.132. The Hall–Kier alpha value is -3.56. The highest BCUT2D eigenvalue weighted by atomic mass is 32.2. The summed E-state index contributed by atoms with van der Waals surface area (Å²) in [5.41, 5.74) is 6.32. The molecular formula is C32H35N5O2S2. The largest absolute Gasteiger partial charge is 0.369 e. The van der Waals surface area contributed by atoms with Gasteiger partial charge in [-0.15, -0.1) is 11.3 Å². The summed E-state index contributed by atoms with van der Waals surface area (Å²) in [6.45, 7) is 4.05. The third-order valence-electron chi connectivity index (χ3n) is 7.93. The van der Waals surface area contributed by atoms with Gasteiger partial charge in [-0.25, -0.2) is 4.98 Å². The number of hydrogen-bond acceptors (Lipinski definition) is 7. The molecule has 1 aliphatic carbocycles. The maximum Gasteiger partial charge on any atom is 0.274 e. The molecule has 7 nitrogen and oxygen atoms in total. The van der Waals surface area contributed by atoms with Gasteiger partial charge in [0.05, 0.1) is 16.8 Å². The molecule has 0 spiro atoms. The zero-order valence-corrected chi connectivity index (χ0v) is 25.2. The number of aromatic nitrogens is 2. The average molecular weight is 586 g/mol. The number of nitrogens with zero attached hydrogens (tertiary/aromatic N) is 3. The molecule has 4 aromatic rings. The molecule has 1 fully saturated rings. The Morgan fingerprint density at radius 2 is 1.83 bits per heavy atom. The fourth-order valence-electron chi connectivity index (χ4n) is 5.60. The van der Waals surface area contributed by atoms with E-state index in [2.05, 4.69) is 32.7 Å². The summed E-state index contributed by atoms with van der Waals surface area (Å²) in [4.78, 5) is 35.3. The van der Waals surface area contributed by atoms with Crippen molar-refractivity contribution in [3.8, 4) is 11.1 Å². The molecule has 4 heterocycles. The maximum absolute atomic E-state index is 13.2. The van der Waals surface area contributed by atoms with E-state index in [0.29, 0.717) is 11.5 Å². The Morgan fingerprint density at radius 1 is 1.00 bits per heavy atom. The van der Waals surface area contributed by atoms with Gasteiger partial charge in [-0.1, -0.05) is 18.6 Å². The van der Waals surface area contributed by atoms with Crippen molar-refractivity contribution >= 4 is 51.9 Å². The summed E-state index contributed by atoms with van der Waals surface area (Å²) in [6, 6.07) is 13.8. The minimum Gasteiger partial charge on any atom is -0.369 e. The molecule has 41 heavy (non-hydrogen) atoms. The number of anilines is 4. The van der Waals surface area contributed by atoms with Crippen molar-refractivity contribution in [2.75, 3.05) is 40.1 Å². The average Bonchev–Trinajstić information content (AvgIpc) is 3.27. The van der Waals surface area contributed by atoms with Gasteiger partial charge in [0.15, 0.2) is 0 Å². The molecule has 2 N–H and O–H groups in total. The normalized spacial score (nSPS) is 15.2. The zero-order chi connectivity index (χ0) is 28.3. The van der Waals surface area contributed by atoms with E-state index in [1.165, 1.54) is 29.7 Å². The number of thioether (sulfide) groups is 1. The summed E-state index contributed by atoms with van der Waals surface area (Å²) >= 11 is 3.61. The second-order valence-electron chi connectivity index (χ2n) is 10.7. The molecule has 212 valence electrons. The maximum atomic E-state index is 13.2. The molecule has 2 aliphatic rings. The number of aryl methyl sites for hydroxylation is 3. The van der Waals surface area contributed by atoms with Gasteiger partial charge in [-0.3, -0.25) is 9.59 Å². The van der Waals surface area contributed by atoms with Crippen molar-refractivity contribution in [2.24, 2.45) is 7.05 Å². The van der Waals surface area contributed by atoms with Crippen molar-refractivity contribution in [2.45, 2.75) is 39.0 Å². The molecule has 0 radical (unpaired) electrons. The molecular weight excluding hydrogens is 551 g/mol. The van der Waals surface area contributed by atoms with Crippen LogP contribution >= 0.6 is 23.1 Å². The van der Waals surface area contributed by atoms with E-state index >= 15 is 0 Å². The fraction of sp³-hybridized carbons (Fsp3) is 0.344. The van der Waals surface area contributed by atoms with Crippen LogP contribution in [0, 0.1) is 6.92 Å². The van der Waals surface area contributed by atoms with E-state index < -0.39 is 0 Å². The van der Waals surface area contributed by atoms with Crippen LogP contribution in [0.25, 0.3) is 11.1 Å². The molecule has 0 unspecified atom stereocenters. The highest BCUT2D eigenvalue weighted by Gasteiger charge is 2.18. The number of carbonyl (C=O) groups excluding carboxylic acids is 1. The topological polar surface area (TPSA) is 79.3 Å². The Labute approximate surface area is 249 Å². The minimum absolute atomic E-state index is 0.0658. The van der Waals surface area contributed by atoms with E-state index in [1.807, 2.05) is 61.4 Å². The molecule has 1 aliphatic heterocycles. The van der Waals surface area contributed by atoms with E-state index in [1.54, 1.807) is 23.0 Å². The van der Waals surface area contributed by atoms with E-state index in [4.69, 9.17) is 0 Å². The molecule has 3 aromatic heterocycles. The first-order chi connectivity index (χ1) is 20.0. The SMILES string of the molecule is Cc1c(NC(=O)c2cc3c(s2)CCCCC3)cccc1-c1cc(Nc2ccc(N3CCSCC3)cn2)c(=O)n(C)c1. The van der Waals surface area contributed by atoms with Gasteiger partial charge in [0, 0.05) is 54.0 Å². The molecule has 1 saturated heterocycles. The molecule has 1 aromatic carbocycles. The van der Waals surface area contributed by atoms with Gasteiger partial charge < -0.3 is 20.1 Å². The summed E-state index contributed by atoms with van der Waals surface area (Å²) < 4.78 is 1.58. The van der Waals surface area contributed by atoms with Gasteiger partial charge in [0.1, 0.15) is 11.5 Å². The van der Waals surface area contributed by atoms with Crippen LogP contribution < -0.4 is 21.1 Å². The van der Waals surface area contributed by atoms with Gasteiger partial charge in [-0.2, -0.15) is 11.8 Å².